The van der Waals surface area contributed by atoms with Gasteiger partial charge in [0.15, 0.2) is 23.7 Å². The average molecular weight is 477 g/mol. The van der Waals surface area contributed by atoms with Gasteiger partial charge in [0.25, 0.3) is 0 Å². The van der Waals surface area contributed by atoms with Crippen LogP contribution in [0.1, 0.15) is 19.8 Å². The Morgan fingerprint density at radius 2 is 2.24 bits per heavy atom. The van der Waals surface area contributed by atoms with Crippen LogP contribution in [0, 0.1) is 11.7 Å². The number of anilines is 1. The van der Waals surface area contributed by atoms with E-state index in [1.807, 2.05) is 0 Å². The first-order valence-corrected chi connectivity index (χ1v) is 10.9. The van der Waals surface area contributed by atoms with E-state index in [1.54, 1.807) is 18.5 Å². The smallest absolute Gasteiger partial charge is 0.303 e. The van der Waals surface area contributed by atoms with Crippen molar-refractivity contribution in [3.05, 3.63) is 35.5 Å². The molecule has 9 nitrogen and oxygen atoms in total. The van der Waals surface area contributed by atoms with Gasteiger partial charge < -0.3 is 19.9 Å². The molecule has 0 spiro atoms. The number of halogens is 2. The van der Waals surface area contributed by atoms with Crippen molar-refractivity contribution in [1.82, 2.24) is 24.8 Å². The quantitative estimate of drug-likeness (QED) is 0.411. The molecule has 1 fully saturated rings. The molecule has 0 amide bonds. The van der Waals surface area contributed by atoms with Crippen LogP contribution in [-0.2, 0) is 14.3 Å². The Morgan fingerprint density at radius 3 is 2.94 bits per heavy atom. The largest absolute Gasteiger partial charge is 0.458 e. The predicted octanol–water partition coefficient (Wildman–Crippen LogP) is 3.31. The normalized spacial score (nSPS) is 16.1. The molecule has 1 aliphatic rings. The number of hydrogen-bond acceptors (Lipinski definition) is 8. The van der Waals surface area contributed by atoms with Crippen molar-refractivity contribution in [2.75, 3.05) is 38.6 Å². The number of nitrogens with zero attached hydrogens (tertiary/aromatic N) is 4. The van der Waals surface area contributed by atoms with Gasteiger partial charge in [0.05, 0.1) is 11.2 Å². The summed E-state index contributed by atoms with van der Waals surface area (Å²) in [7, 11) is 2.12. The van der Waals surface area contributed by atoms with Gasteiger partial charge in [0.2, 0.25) is 0 Å². The molecule has 4 rings (SSSR count). The first-order chi connectivity index (χ1) is 15.9. The average Bonchev–Trinajstić information content (AvgIpc) is 3.20. The summed E-state index contributed by atoms with van der Waals surface area (Å²) < 4.78 is 18.4. The number of fused-ring (bicyclic) bond motifs is 1. The number of aromatic amines is 1. The number of rotatable bonds is 6. The van der Waals surface area contributed by atoms with Crippen LogP contribution in [0.2, 0.25) is 5.02 Å². The molecule has 0 saturated carbocycles. The second-order valence-electron chi connectivity index (χ2n) is 7.76. The summed E-state index contributed by atoms with van der Waals surface area (Å²) in [5.41, 5.74) is 1.44. The molecule has 0 aromatic carbocycles. The molecule has 3 aromatic heterocycles. The fourth-order valence-electron chi connectivity index (χ4n) is 3.62. The molecular formula is C22H26ClFN6O3. The summed E-state index contributed by atoms with van der Waals surface area (Å²) in [5.74, 6) is 0.279. The lowest BCUT2D eigenvalue weighted by Crippen LogP contribution is -2.35. The Balaban J connectivity index is 0.000000383. The summed E-state index contributed by atoms with van der Waals surface area (Å²) in [6, 6.07) is 1.80. The highest BCUT2D eigenvalue weighted by Gasteiger charge is 2.18. The number of carbonyl (C=O) groups excluding carboxylic acids is 2. The van der Waals surface area contributed by atoms with Gasteiger partial charge in [-0.05, 0) is 38.4 Å². The third kappa shape index (κ3) is 6.93. The Hall–Kier alpha value is -3.11. The van der Waals surface area contributed by atoms with Crippen molar-refractivity contribution in [3.8, 4) is 11.4 Å². The number of aldehydes is 1. The minimum Gasteiger partial charge on any atom is -0.458 e. The zero-order valence-electron chi connectivity index (χ0n) is 18.5. The lowest BCUT2D eigenvalue weighted by molar-refractivity contribution is -0.143. The van der Waals surface area contributed by atoms with Crippen LogP contribution in [0.25, 0.3) is 22.4 Å². The van der Waals surface area contributed by atoms with Gasteiger partial charge >= 0.3 is 5.97 Å². The lowest BCUT2D eigenvalue weighted by atomic mass is 9.98. The van der Waals surface area contributed by atoms with Gasteiger partial charge in [-0.25, -0.2) is 19.3 Å². The molecular weight excluding hydrogens is 451 g/mol. The molecule has 1 saturated heterocycles. The summed E-state index contributed by atoms with van der Waals surface area (Å²) in [4.78, 5) is 37.4. The van der Waals surface area contributed by atoms with Crippen molar-refractivity contribution in [3.63, 3.8) is 0 Å². The number of nitrogens with one attached hydrogen (secondary N) is 2. The van der Waals surface area contributed by atoms with Crippen molar-refractivity contribution < 1.29 is 18.7 Å². The van der Waals surface area contributed by atoms with E-state index < -0.39 is 11.8 Å². The van der Waals surface area contributed by atoms with Crippen LogP contribution in [0.15, 0.2) is 24.7 Å². The number of hydrogen-bond donors (Lipinski definition) is 2. The number of esters is 1. The topological polar surface area (TPSA) is 113 Å². The van der Waals surface area contributed by atoms with Gasteiger partial charge in [-0.2, -0.15) is 0 Å². The second kappa shape index (κ2) is 11.7. The van der Waals surface area contributed by atoms with Crippen LogP contribution < -0.4 is 5.32 Å². The molecule has 11 heteroatoms. The summed E-state index contributed by atoms with van der Waals surface area (Å²) in [5, 5.41) is 4.50. The molecule has 0 bridgehead atoms. The number of pyridine rings is 1. The van der Waals surface area contributed by atoms with E-state index >= 15 is 0 Å². The van der Waals surface area contributed by atoms with Gasteiger partial charge in [-0.3, -0.25) is 9.59 Å². The van der Waals surface area contributed by atoms with E-state index in [2.05, 4.69) is 41.9 Å². The fourth-order valence-corrected chi connectivity index (χ4v) is 3.77. The Morgan fingerprint density at radius 1 is 1.42 bits per heavy atom. The first kappa shape index (κ1) is 24.5. The molecule has 4 heterocycles. The molecule has 2 N–H and O–H groups in total. The van der Waals surface area contributed by atoms with Gasteiger partial charge in [0, 0.05) is 43.4 Å². The maximum atomic E-state index is 14.2. The summed E-state index contributed by atoms with van der Waals surface area (Å²) in [6.45, 7) is 3.96. The summed E-state index contributed by atoms with van der Waals surface area (Å²) in [6.07, 6.45) is 7.38. The number of H-pyrrole nitrogens is 1. The highest BCUT2D eigenvalue weighted by molar-refractivity contribution is 6.31. The first-order valence-electron chi connectivity index (χ1n) is 10.5. The minimum atomic E-state index is -0.450. The highest BCUT2D eigenvalue weighted by atomic mass is 35.5. The monoisotopic (exact) mass is 476 g/mol. The molecule has 0 radical (unpaired) electrons. The zero-order chi connectivity index (χ0) is 23.8. The van der Waals surface area contributed by atoms with Crippen molar-refractivity contribution >= 4 is 40.7 Å². The molecule has 1 unspecified atom stereocenters. The van der Waals surface area contributed by atoms with Crippen LogP contribution in [0.4, 0.5) is 10.2 Å². The Kier molecular flexibility index (Phi) is 8.67. The molecule has 3 aromatic rings. The Bertz CT molecular complexity index is 1110. The number of likely N-dealkylation sites (tertiary alicyclic amines) is 1. The number of aromatic nitrogens is 4. The van der Waals surface area contributed by atoms with E-state index in [0.29, 0.717) is 35.2 Å². The van der Waals surface area contributed by atoms with Gasteiger partial charge in [0.1, 0.15) is 12.3 Å². The third-order valence-electron chi connectivity index (χ3n) is 5.12. The van der Waals surface area contributed by atoms with E-state index in [-0.39, 0.29) is 12.4 Å². The fraction of sp³-hybridized carbons (Fsp3) is 0.409. The van der Waals surface area contributed by atoms with E-state index in [9.17, 15) is 14.0 Å². The third-order valence-corrected chi connectivity index (χ3v) is 5.32. The predicted molar refractivity (Wildman–Crippen MR) is 123 cm³/mol. The molecule has 1 aliphatic heterocycles. The van der Waals surface area contributed by atoms with E-state index in [0.717, 1.165) is 30.5 Å². The van der Waals surface area contributed by atoms with Crippen LogP contribution in [-0.4, -0.2) is 70.4 Å². The van der Waals surface area contributed by atoms with Crippen molar-refractivity contribution in [2.24, 2.45) is 5.92 Å². The molecule has 0 aliphatic carbocycles. The maximum Gasteiger partial charge on any atom is 0.303 e. The SMILES string of the molecule is CC(=O)OCC=O.CN1CCCC(CNc2nc(-c3c[nH]c4ncc(Cl)cc34)ncc2F)C1. The molecule has 1 atom stereocenters. The zero-order valence-corrected chi connectivity index (χ0v) is 19.2. The highest BCUT2D eigenvalue weighted by Crippen LogP contribution is 2.28. The second-order valence-corrected chi connectivity index (χ2v) is 8.20. The molecule has 33 heavy (non-hydrogen) atoms. The van der Waals surface area contributed by atoms with Crippen LogP contribution in [0.3, 0.4) is 0 Å². The lowest BCUT2D eigenvalue weighted by Gasteiger charge is -2.29. The number of ether oxygens (including phenoxy) is 1. The maximum absolute atomic E-state index is 14.2. The summed E-state index contributed by atoms with van der Waals surface area (Å²) >= 11 is 6.05. The van der Waals surface area contributed by atoms with E-state index in [1.165, 1.54) is 19.5 Å². The van der Waals surface area contributed by atoms with Crippen LogP contribution >= 0.6 is 11.6 Å². The number of piperidine rings is 1. The van der Waals surface area contributed by atoms with Gasteiger partial charge in [-0.1, -0.05) is 11.6 Å². The van der Waals surface area contributed by atoms with Crippen molar-refractivity contribution in [2.45, 2.75) is 19.8 Å². The molecule has 176 valence electrons. The van der Waals surface area contributed by atoms with Gasteiger partial charge in [-0.15, -0.1) is 0 Å². The minimum absolute atomic E-state index is 0.130. The number of carbonyl (C=O) groups is 2. The van der Waals surface area contributed by atoms with E-state index in [4.69, 9.17) is 11.6 Å². The van der Waals surface area contributed by atoms with Crippen LogP contribution in [0.5, 0.6) is 0 Å². The standard InChI is InChI=1S/C18H20ClFN6.C4H6O3/c1-26-4-2-3-11(10-26)6-21-18-15(20)9-24-17(25-18)14-8-23-16-13(14)5-12(19)7-22-16;1-4(6)7-3-2-5/h5,7-9,11H,2-4,6,10H2,1H3,(H,22,23)(H,21,24,25);2H,3H2,1H3. The van der Waals surface area contributed by atoms with Crippen molar-refractivity contribution in [1.29, 1.82) is 0 Å². The Labute approximate surface area is 195 Å².